The molecule has 3 aromatic rings. The number of fused-ring (bicyclic) bond motifs is 1. The molecule has 0 saturated heterocycles. The Labute approximate surface area is 203 Å². The van der Waals surface area contributed by atoms with Crippen LogP contribution in [0.15, 0.2) is 46.9 Å². The molecule has 0 fully saturated rings. The Morgan fingerprint density at radius 1 is 1.18 bits per heavy atom. The molecule has 4 rings (SSSR count). The van der Waals surface area contributed by atoms with Crippen molar-refractivity contribution in [1.29, 1.82) is 0 Å². The molecular formula is C24H21BrClF2N3O2. The maximum Gasteiger partial charge on any atom is 0.290 e. The highest BCUT2D eigenvalue weighted by Crippen LogP contribution is 2.33. The minimum atomic E-state index is -3.26. The number of aryl methyl sites for hydroxylation is 2. The van der Waals surface area contributed by atoms with Gasteiger partial charge in [0.2, 0.25) is 0 Å². The van der Waals surface area contributed by atoms with Crippen molar-refractivity contribution in [2.75, 3.05) is 6.54 Å². The van der Waals surface area contributed by atoms with Crippen molar-refractivity contribution >= 4 is 33.4 Å². The fourth-order valence-electron chi connectivity index (χ4n) is 3.91. The number of halogens is 4. The molecule has 33 heavy (non-hydrogen) atoms. The molecule has 172 valence electrons. The van der Waals surface area contributed by atoms with E-state index in [2.05, 4.69) is 31.4 Å². The summed E-state index contributed by atoms with van der Waals surface area (Å²) < 4.78 is 36.4. The van der Waals surface area contributed by atoms with Gasteiger partial charge in [0.1, 0.15) is 11.3 Å². The minimum Gasteiger partial charge on any atom is -0.437 e. The number of alkyl halides is 2. The summed E-state index contributed by atoms with van der Waals surface area (Å²) in [4.78, 5) is 13.2. The van der Waals surface area contributed by atoms with Crippen LogP contribution in [0.1, 0.15) is 45.6 Å². The van der Waals surface area contributed by atoms with Crippen LogP contribution in [0.4, 0.5) is 8.78 Å². The highest BCUT2D eigenvalue weighted by molar-refractivity contribution is 9.10. The molecule has 2 aromatic carbocycles. The zero-order chi connectivity index (χ0) is 23.6. The SMILES string of the molecule is Cc1cc(Br)ccc1C(F)(F)CNC(=O)c1c(Oc2cccc(Cl)c2)nnc2c1CCCC2. The van der Waals surface area contributed by atoms with E-state index in [1.165, 1.54) is 6.07 Å². The lowest BCUT2D eigenvalue weighted by atomic mass is 9.92. The van der Waals surface area contributed by atoms with E-state index in [4.69, 9.17) is 16.3 Å². The average molecular weight is 537 g/mol. The van der Waals surface area contributed by atoms with Crippen LogP contribution < -0.4 is 10.1 Å². The molecule has 1 aromatic heterocycles. The van der Waals surface area contributed by atoms with Gasteiger partial charge in [0.15, 0.2) is 0 Å². The second-order valence-electron chi connectivity index (χ2n) is 7.92. The predicted octanol–water partition coefficient (Wildman–Crippen LogP) is 6.39. The van der Waals surface area contributed by atoms with Crippen molar-refractivity contribution < 1.29 is 18.3 Å². The summed E-state index contributed by atoms with van der Waals surface area (Å²) in [6, 6.07) is 11.2. The molecular weight excluding hydrogens is 516 g/mol. The van der Waals surface area contributed by atoms with Crippen molar-refractivity contribution in [3.05, 3.63) is 79.9 Å². The van der Waals surface area contributed by atoms with Crippen LogP contribution in [0.25, 0.3) is 0 Å². The van der Waals surface area contributed by atoms with Crippen molar-refractivity contribution in [3.8, 4) is 11.6 Å². The molecule has 1 aliphatic rings. The number of hydrogen-bond acceptors (Lipinski definition) is 4. The molecule has 0 saturated carbocycles. The van der Waals surface area contributed by atoms with E-state index < -0.39 is 18.4 Å². The summed E-state index contributed by atoms with van der Waals surface area (Å²) in [6.45, 7) is 0.748. The van der Waals surface area contributed by atoms with E-state index in [1.54, 1.807) is 43.3 Å². The van der Waals surface area contributed by atoms with E-state index in [9.17, 15) is 13.6 Å². The van der Waals surface area contributed by atoms with Crippen LogP contribution in [-0.4, -0.2) is 22.6 Å². The van der Waals surface area contributed by atoms with E-state index >= 15 is 0 Å². The summed E-state index contributed by atoms with van der Waals surface area (Å²) in [5, 5.41) is 11.2. The standard InChI is InChI=1S/C24H21BrClF2N3O2/c1-14-11-15(25)9-10-19(14)24(27,28)13-29-22(32)21-18-7-2-3-8-20(18)30-31-23(21)33-17-6-4-5-16(26)12-17/h4-6,9-12H,2-3,7-8,13H2,1H3,(H,29,32). The lowest BCUT2D eigenvalue weighted by Crippen LogP contribution is -2.36. The molecule has 0 atom stereocenters. The number of benzene rings is 2. The van der Waals surface area contributed by atoms with E-state index in [-0.39, 0.29) is 17.0 Å². The van der Waals surface area contributed by atoms with E-state index in [0.29, 0.717) is 44.9 Å². The molecule has 5 nitrogen and oxygen atoms in total. The second-order valence-corrected chi connectivity index (χ2v) is 9.27. The second kappa shape index (κ2) is 9.73. The lowest BCUT2D eigenvalue weighted by molar-refractivity contribution is -0.00312. The van der Waals surface area contributed by atoms with Crippen LogP contribution in [0.5, 0.6) is 11.6 Å². The van der Waals surface area contributed by atoms with Crippen molar-refractivity contribution in [1.82, 2.24) is 15.5 Å². The Kier molecular flexibility index (Phi) is 6.95. The highest BCUT2D eigenvalue weighted by Gasteiger charge is 2.35. The van der Waals surface area contributed by atoms with Crippen molar-refractivity contribution in [2.24, 2.45) is 0 Å². The normalized spacial score (nSPS) is 13.4. The van der Waals surface area contributed by atoms with Crippen LogP contribution in [-0.2, 0) is 18.8 Å². The molecule has 9 heteroatoms. The van der Waals surface area contributed by atoms with Crippen LogP contribution in [0.3, 0.4) is 0 Å². The summed E-state index contributed by atoms with van der Waals surface area (Å²) in [5.74, 6) is -3.58. The molecule has 0 spiro atoms. The van der Waals surface area contributed by atoms with Gasteiger partial charge in [-0.05, 0) is 74.1 Å². The number of amides is 1. The first kappa shape index (κ1) is 23.6. The fourth-order valence-corrected chi connectivity index (χ4v) is 4.57. The third-order valence-corrected chi connectivity index (χ3v) is 6.24. The maximum absolute atomic E-state index is 15.0. The third-order valence-electron chi connectivity index (χ3n) is 5.51. The highest BCUT2D eigenvalue weighted by atomic mass is 79.9. The Hall–Kier alpha value is -2.58. The first-order chi connectivity index (χ1) is 15.7. The number of rotatable bonds is 6. The number of aromatic nitrogens is 2. The Morgan fingerprint density at radius 2 is 1.97 bits per heavy atom. The van der Waals surface area contributed by atoms with Gasteiger partial charge in [-0.25, -0.2) is 0 Å². The van der Waals surface area contributed by atoms with Gasteiger partial charge in [-0.15, -0.1) is 5.10 Å². The fraction of sp³-hybridized carbons (Fsp3) is 0.292. The van der Waals surface area contributed by atoms with Gasteiger partial charge in [0, 0.05) is 15.1 Å². The first-order valence-corrected chi connectivity index (χ1v) is 11.7. The largest absolute Gasteiger partial charge is 0.437 e. The predicted molar refractivity (Wildman–Crippen MR) is 125 cm³/mol. The van der Waals surface area contributed by atoms with Gasteiger partial charge in [-0.1, -0.05) is 39.7 Å². The Morgan fingerprint density at radius 3 is 2.73 bits per heavy atom. The van der Waals surface area contributed by atoms with Crippen LogP contribution in [0, 0.1) is 6.92 Å². The number of carbonyl (C=O) groups excluding carboxylic acids is 1. The van der Waals surface area contributed by atoms with Gasteiger partial charge in [0.25, 0.3) is 17.7 Å². The molecule has 0 bridgehead atoms. The summed E-state index contributed by atoms with van der Waals surface area (Å²) >= 11 is 9.31. The molecule has 1 heterocycles. The molecule has 1 aliphatic carbocycles. The van der Waals surface area contributed by atoms with Gasteiger partial charge < -0.3 is 10.1 Å². The number of ether oxygens (including phenoxy) is 1. The summed E-state index contributed by atoms with van der Waals surface area (Å²) in [6.07, 6.45) is 3.07. The third kappa shape index (κ3) is 5.33. The van der Waals surface area contributed by atoms with Crippen molar-refractivity contribution in [2.45, 2.75) is 38.5 Å². The summed E-state index contributed by atoms with van der Waals surface area (Å²) in [7, 11) is 0. The van der Waals surface area contributed by atoms with Gasteiger partial charge in [-0.2, -0.15) is 13.9 Å². The lowest BCUT2D eigenvalue weighted by Gasteiger charge is -2.22. The van der Waals surface area contributed by atoms with Gasteiger partial charge in [-0.3, -0.25) is 4.79 Å². The molecule has 1 N–H and O–H groups in total. The maximum atomic E-state index is 15.0. The minimum absolute atomic E-state index is 0.0291. The summed E-state index contributed by atoms with van der Waals surface area (Å²) in [5.41, 5.74) is 1.81. The van der Waals surface area contributed by atoms with E-state index in [1.807, 2.05) is 0 Å². The molecule has 0 radical (unpaired) electrons. The van der Waals surface area contributed by atoms with Gasteiger partial charge in [0.05, 0.1) is 12.2 Å². The zero-order valence-corrected chi connectivity index (χ0v) is 20.1. The quantitative estimate of drug-likeness (QED) is 0.396. The number of nitrogens with one attached hydrogen (secondary N) is 1. The van der Waals surface area contributed by atoms with Crippen LogP contribution >= 0.6 is 27.5 Å². The number of hydrogen-bond donors (Lipinski definition) is 1. The smallest absolute Gasteiger partial charge is 0.290 e. The monoisotopic (exact) mass is 535 g/mol. The zero-order valence-electron chi connectivity index (χ0n) is 17.8. The topological polar surface area (TPSA) is 64.1 Å². The van der Waals surface area contributed by atoms with Crippen molar-refractivity contribution in [3.63, 3.8) is 0 Å². The first-order valence-electron chi connectivity index (χ1n) is 10.5. The Balaban J connectivity index is 1.63. The molecule has 0 aliphatic heterocycles. The molecule has 1 amide bonds. The van der Waals surface area contributed by atoms with E-state index in [0.717, 1.165) is 12.8 Å². The number of carbonyl (C=O) groups is 1. The van der Waals surface area contributed by atoms with Crippen LogP contribution in [0.2, 0.25) is 5.02 Å². The molecule has 0 unspecified atom stereocenters. The number of nitrogens with zero attached hydrogens (tertiary/aromatic N) is 2. The Bertz CT molecular complexity index is 1210. The average Bonchev–Trinajstić information content (AvgIpc) is 2.77. The van der Waals surface area contributed by atoms with Gasteiger partial charge >= 0.3 is 0 Å².